The molecule has 0 spiro atoms. The van der Waals surface area contributed by atoms with Crippen molar-refractivity contribution in [3.8, 4) is 22.3 Å². The van der Waals surface area contributed by atoms with Crippen LogP contribution in [0.2, 0.25) is 0 Å². The minimum atomic E-state index is -0.809. The van der Waals surface area contributed by atoms with Gasteiger partial charge < -0.3 is 0 Å². The van der Waals surface area contributed by atoms with E-state index in [1.54, 1.807) is 6.07 Å². The maximum Gasteiger partial charge on any atom is 0.151 e. The van der Waals surface area contributed by atoms with E-state index < -0.39 is 17.5 Å². The maximum atomic E-state index is 15.0. The summed E-state index contributed by atoms with van der Waals surface area (Å²) in [5.41, 5.74) is 2.16. The summed E-state index contributed by atoms with van der Waals surface area (Å²) in [4.78, 5) is 12.0. The van der Waals surface area contributed by atoms with Crippen LogP contribution in [0.3, 0.4) is 0 Å². The van der Waals surface area contributed by atoms with Crippen LogP contribution >= 0.6 is 0 Å². The van der Waals surface area contributed by atoms with Crippen LogP contribution in [0.15, 0.2) is 66.7 Å². The summed E-state index contributed by atoms with van der Waals surface area (Å²) >= 11 is 0. The highest BCUT2D eigenvalue weighted by Crippen LogP contribution is 2.35. The highest BCUT2D eigenvalue weighted by molar-refractivity contribution is 6.04. The van der Waals surface area contributed by atoms with E-state index in [1.807, 2.05) is 18.2 Å². The van der Waals surface area contributed by atoms with Gasteiger partial charge in [-0.15, -0.1) is 0 Å². The normalized spacial score (nSPS) is 11.2. The lowest BCUT2D eigenvalue weighted by molar-refractivity contribution is 0.112. The summed E-state index contributed by atoms with van der Waals surface area (Å²) in [6.07, 6.45) is 7.76. The van der Waals surface area contributed by atoms with Crippen LogP contribution < -0.4 is 0 Å². The van der Waals surface area contributed by atoms with Crippen LogP contribution in [0.5, 0.6) is 0 Å². The van der Waals surface area contributed by atoms with E-state index in [2.05, 4.69) is 13.0 Å². The number of hydrogen-bond acceptors (Lipinski definition) is 1. The van der Waals surface area contributed by atoms with Crippen molar-refractivity contribution in [2.45, 2.75) is 45.4 Å². The first-order valence-corrected chi connectivity index (χ1v) is 11.8. The van der Waals surface area contributed by atoms with Crippen molar-refractivity contribution in [3.63, 3.8) is 0 Å². The molecule has 0 radical (unpaired) electrons. The Hall–Kier alpha value is -3.40. The molecule has 0 aromatic heterocycles. The Balaban J connectivity index is 1.67. The van der Waals surface area contributed by atoms with Crippen LogP contribution in [0.1, 0.15) is 54.9 Å². The molecule has 0 atom stereocenters. The number of halogens is 3. The summed E-state index contributed by atoms with van der Waals surface area (Å²) in [7, 11) is 0. The predicted octanol–water partition coefficient (Wildman–Crippen LogP) is 8.92. The molecule has 0 aliphatic rings. The lowest BCUT2D eigenvalue weighted by atomic mass is 9.92. The van der Waals surface area contributed by atoms with E-state index in [0.717, 1.165) is 36.0 Å². The lowest BCUT2D eigenvalue weighted by Crippen LogP contribution is -1.96. The number of unbranched alkanes of at least 4 members (excludes halogenated alkanes) is 4. The van der Waals surface area contributed by atoms with Gasteiger partial charge in [0.2, 0.25) is 0 Å². The molecule has 0 unspecified atom stereocenters. The fraction of sp³-hybridized carbons (Fsp3) is 0.233. The molecule has 0 saturated carbocycles. The molecule has 1 nitrogen and oxygen atoms in total. The molecule has 4 aromatic carbocycles. The molecule has 4 heteroatoms. The average molecular weight is 461 g/mol. The molecular weight excluding hydrogens is 433 g/mol. The van der Waals surface area contributed by atoms with Gasteiger partial charge in [0.1, 0.15) is 17.5 Å². The number of carbonyl (C=O) groups excluding carboxylic acids is 1. The first-order valence-electron chi connectivity index (χ1n) is 11.8. The zero-order valence-electron chi connectivity index (χ0n) is 19.2. The number of aryl methyl sites for hydroxylation is 1. The number of carbonyl (C=O) groups is 1. The van der Waals surface area contributed by atoms with Crippen LogP contribution in [-0.4, -0.2) is 6.29 Å². The molecule has 0 aliphatic heterocycles. The number of hydrogen-bond donors (Lipinski definition) is 0. The van der Waals surface area contributed by atoms with Crippen molar-refractivity contribution < 1.29 is 18.0 Å². The van der Waals surface area contributed by atoms with E-state index in [9.17, 15) is 18.0 Å². The second-order valence-electron chi connectivity index (χ2n) is 8.69. The van der Waals surface area contributed by atoms with Crippen LogP contribution in [0, 0.1) is 17.5 Å². The molecule has 0 N–H and O–H groups in total. The highest BCUT2D eigenvalue weighted by Gasteiger charge is 2.17. The number of benzene rings is 4. The van der Waals surface area contributed by atoms with Crippen molar-refractivity contribution in [1.29, 1.82) is 0 Å². The van der Waals surface area contributed by atoms with Gasteiger partial charge in [-0.25, -0.2) is 13.2 Å². The van der Waals surface area contributed by atoms with E-state index >= 15 is 0 Å². The van der Waals surface area contributed by atoms with Crippen LogP contribution in [-0.2, 0) is 6.42 Å². The molecule has 0 aliphatic carbocycles. The Morgan fingerprint density at radius 3 is 2.24 bits per heavy atom. The van der Waals surface area contributed by atoms with Gasteiger partial charge in [0.15, 0.2) is 6.29 Å². The summed E-state index contributed by atoms with van der Waals surface area (Å²) in [5.74, 6) is -2.19. The average Bonchev–Trinajstić information content (AvgIpc) is 2.82. The first kappa shape index (κ1) is 23.7. The zero-order chi connectivity index (χ0) is 24.1. The molecule has 4 aromatic rings. The summed E-state index contributed by atoms with van der Waals surface area (Å²) in [5, 5.41) is 1.67. The van der Waals surface area contributed by atoms with Crippen LogP contribution in [0.4, 0.5) is 13.2 Å². The molecular formula is C30H27F3O. The Labute approximate surface area is 198 Å². The largest absolute Gasteiger partial charge is 0.298 e. The fourth-order valence-electron chi connectivity index (χ4n) is 4.52. The summed E-state index contributed by atoms with van der Waals surface area (Å²) < 4.78 is 43.5. The lowest BCUT2D eigenvalue weighted by Gasteiger charge is -2.13. The SMILES string of the molecule is CCCCCCCc1ccc2c(C=O)c(-c3cc(F)c(-c4cccc(F)c4)c(F)c3)ccc2c1. The quantitative estimate of drug-likeness (QED) is 0.180. The molecule has 0 fully saturated rings. The van der Waals surface area contributed by atoms with E-state index in [0.29, 0.717) is 11.1 Å². The Bertz CT molecular complexity index is 1300. The van der Waals surface area contributed by atoms with E-state index in [1.165, 1.54) is 61.6 Å². The third-order valence-electron chi connectivity index (χ3n) is 6.28. The highest BCUT2D eigenvalue weighted by atomic mass is 19.1. The Kier molecular flexibility index (Phi) is 7.46. The van der Waals surface area contributed by atoms with Gasteiger partial charge in [0.25, 0.3) is 0 Å². The molecule has 0 bridgehead atoms. The predicted molar refractivity (Wildman–Crippen MR) is 133 cm³/mol. The van der Waals surface area contributed by atoms with Crippen molar-refractivity contribution in [1.82, 2.24) is 0 Å². The molecule has 0 heterocycles. The zero-order valence-corrected chi connectivity index (χ0v) is 19.2. The van der Waals surface area contributed by atoms with Crippen LogP contribution in [0.25, 0.3) is 33.0 Å². The van der Waals surface area contributed by atoms with Crippen molar-refractivity contribution in [2.24, 2.45) is 0 Å². The maximum absolute atomic E-state index is 15.0. The molecule has 0 amide bonds. The number of fused-ring (bicyclic) bond motifs is 1. The topological polar surface area (TPSA) is 17.1 Å². The Morgan fingerprint density at radius 1 is 0.765 bits per heavy atom. The standard InChI is InChI=1S/C30H27F3O/c1-2-3-4-5-6-8-20-11-13-25-21(15-20)12-14-26(27(25)19-34)23-17-28(32)30(29(33)18-23)22-9-7-10-24(31)16-22/h7,9-19H,2-6,8H2,1H3. The summed E-state index contributed by atoms with van der Waals surface area (Å²) in [6.45, 7) is 2.20. The van der Waals surface area contributed by atoms with Gasteiger partial charge in [0, 0.05) is 5.56 Å². The molecule has 4 rings (SSSR count). The minimum absolute atomic E-state index is 0.123. The second-order valence-corrected chi connectivity index (χ2v) is 8.69. The third kappa shape index (κ3) is 5.06. The summed E-state index contributed by atoms with van der Waals surface area (Å²) in [6, 6.07) is 17.2. The van der Waals surface area contributed by atoms with Gasteiger partial charge in [-0.2, -0.15) is 0 Å². The van der Waals surface area contributed by atoms with E-state index in [4.69, 9.17) is 0 Å². The molecule has 174 valence electrons. The number of aldehydes is 1. The fourth-order valence-corrected chi connectivity index (χ4v) is 4.52. The monoisotopic (exact) mass is 460 g/mol. The molecule has 0 saturated heterocycles. The first-order chi connectivity index (χ1) is 16.5. The Morgan fingerprint density at radius 2 is 1.53 bits per heavy atom. The number of rotatable bonds is 9. The van der Waals surface area contributed by atoms with Crippen molar-refractivity contribution in [3.05, 3.63) is 95.3 Å². The van der Waals surface area contributed by atoms with E-state index in [-0.39, 0.29) is 16.7 Å². The third-order valence-corrected chi connectivity index (χ3v) is 6.28. The smallest absolute Gasteiger partial charge is 0.151 e. The van der Waals surface area contributed by atoms with Gasteiger partial charge in [-0.1, -0.05) is 75.1 Å². The van der Waals surface area contributed by atoms with Crippen molar-refractivity contribution in [2.75, 3.05) is 0 Å². The second kappa shape index (κ2) is 10.7. The minimum Gasteiger partial charge on any atom is -0.298 e. The van der Waals surface area contributed by atoms with Gasteiger partial charge in [-0.3, -0.25) is 4.79 Å². The van der Waals surface area contributed by atoms with Gasteiger partial charge in [0.05, 0.1) is 5.56 Å². The van der Waals surface area contributed by atoms with Gasteiger partial charge >= 0.3 is 0 Å². The van der Waals surface area contributed by atoms with Crippen molar-refractivity contribution >= 4 is 17.1 Å². The van der Waals surface area contributed by atoms with Gasteiger partial charge in [-0.05, 0) is 70.1 Å². The molecule has 34 heavy (non-hydrogen) atoms.